The van der Waals surface area contributed by atoms with Crippen LogP contribution in [0, 0.1) is 6.92 Å². The second-order valence-corrected chi connectivity index (χ2v) is 8.96. The molecule has 0 bridgehead atoms. The van der Waals surface area contributed by atoms with Crippen LogP contribution in [0.2, 0.25) is 5.02 Å². The first kappa shape index (κ1) is 22.0. The molecule has 0 saturated heterocycles. The molecular formula is C23H24ClNO4S. The van der Waals surface area contributed by atoms with Crippen LogP contribution >= 0.6 is 11.6 Å². The Hall–Kier alpha value is -2.70. The molecule has 158 valence electrons. The van der Waals surface area contributed by atoms with Crippen molar-refractivity contribution in [2.75, 3.05) is 18.0 Å². The topological polar surface area (TPSA) is 55.8 Å². The van der Waals surface area contributed by atoms with Gasteiger partial charge >= 0.3 is 0 Å². The average Bonchev–Trinajstić information content (AvgIpc) is 2.73. The van der Waals surface area contributed by atoms with Crippen LogP contribution in [0.5, 0.6) is 11.5 Å². The van der Waals surface area contributed by atoms with Crippen molar-refractivity contribution in [3.63, 3.8) is 0 Å². The zero-order valence-corrected chi connectivity index (χ0v) is 18.7. The van der Waals surface area contributed by atoms with E-state index in [0.717, 1.165) is 11.1 Å². The summed E-state index contributed by atoms with van der Waals surface area (Å²) in [5.74, 6) is 1.17. The maximum absolute atomic E-state index is 13.2. The number of aryl methyl sites for hydroxylation is 1. The van der Waals surface area contributed by atoms with Gasteiger partial charge in [-0.3, -0.25) is 4.31 Å². The summed E-state index contributed by atoms with van der Waals surface area (Å²) >= 11 is 6.27. The zero-order valence-electron chi connectivity index (χ0n) is 17.1. The first-order valence-corrected chi connectivity index (χ1v) is 11.3. The molecule has 0 spiro atoms. The van der Waals surface area contributed by atoms with E-state index in [4.69, 9.17) is 21.1 Å². The highest BCUT2D eigenvalue weighted by Gasteiger charge is 2.24. The molecule has 0 aromatic heterocycles. The second kappa shape index (κ2) is 9.41. The average molecular weight is 446 g/mol. The standard InChI is InChI=1S/C23H24ClNO4S/c1-4-25(30(26,27)20-11-5-8-17(2)14-20)18-9-6-10-19(15-18)29-16-21-22(24)12-7-13-23(21)28-3/h5-15H,4,16H2,1-3H3. The van der Waals surface area contributed by atoms with E-state index in [1.807, 2.05) is 19.1 Å². The first-order valence-electron chi connectivity index (χ1n) is 9.50. The summed E-state index contributed by atoms with van der Waals surface area (Å²) in [5, 5.41) is 0.544. The summed E-state index contributed by atoms with van der Waals surface area (Å²) in [7, 11) is -2.12. The van der Waals surface area contributed by atoms with Crippen LogP contribution in [0.3, 0.4) is 0 Å². The molecule has 30 heavy (non-hydrogen) atoms. The van der Waals surface area contributed by atoms with Crippen molar-refractivity contribution in [1.82, 2.24) is 0 Å². The number of rotatable bonds is 8. The van der Waals surface area contributed by atoms with Gasteiger partial charge in [0.05, 0.1) is 22.7 Å². The van der Waals surface area contributed by atoms with Gasteiger partial charge in [0.25, 0.3) is 10.0 Å². The number of hydrogen-bond donors (Lipinski definition) is 0. The molecule has 5 nitrogen and oxygen atoms in total. The van der Waals surface area contributed by atoms with Gasteiger partial charge < -0.3 is 9.47 Å². The molecule has 0 radical (unpaired) electrons. The monoisotopic (exact) mass is 445 g/mol. The predicted octanol–water partition coefficient (Wildman–Crippen LogP) is 5.45. The van der Waals surface area contributed by atoms with Crippen molar-refractivity contribution < 1.29 is 17.9 Å². The van der Waals surface area contributed by atoms with Gasteiger partial charge in [-0.25, -0.2) is 8.42 Å². The van der Waals surface area contributed by atoms with E-state index in [0.29, 0.717) is 22.2 Å². The van der Waals surface area contributed by atoms with E-state index in [-0.39, 0.29) is 18.0 Å². The molecule has 0 unspecified atom stereocenters. The van der Waals surface area contributed by atoms with Crippen molar-refractivity contribution >= 4 is 27.3 Å². The Balaban J connectivity index is 1.87. The van der Waals surface area contributed by atoms with Crippen molar-refractivity contribution in [3.8, 4) is 11.5 Å². The molecule has 0 atom stereocenters. The summed E-state index contributed by atoms with van der Waals surface area (Å²) in [6, 6.07) is 19.3. The maximum atomic E-state index is 13.2. The Kier molecular flexibility index (Phi) is 6.90. The van der Waals surface area contributed by atoms with Crippen molar-refractivity contribution in [3.05, 3.63) is 82.9 Å². The summed E-state index contributed by atoms with van der Waals surface area (Å²) in [4.78, 5) is 0.261. The summed E-state index contributed by atoms with van der Waals surface area (Å²) < 4.78 is 39.0. The minimum absolute atomic E-state index is 0.197. The van der Waals surface area contributed by atoms with Gasteiger partial charge in [0.1, 0.15) is 18.1 Å². The molecule has 3 rings (SSSR count). The fraction of sp³-hybridized carbons (Fsp3) is 0.217. The van der Waals surface area contributed by atoms with Crippen LogP contribution in [0.4, 0.5) is 5.69 Å². The quantitative estimate of drug-likeness (QED) is 0.462. The fourth-order valence-corrected chi connectivity index (χ4v) is 4.94. The van der Waals surface area contributed by atoms with E-state index >= 15 is 0 Å². The number of benzene rings is 3. The number of hydrogen-bond acceptors (Lipinski definition) is 4. The van der Waals surface area contributed by atoms with Gasteiger partial charge in [-0.2, -0.15) is 0 Å². The maximum Gasteiger partial charge on any atom is 0.264 e. The molecule has 0 fully saturated rings. The molecule has 7 heteroatoms. The lowest BCUT2D eigenvalue weighted by molar-refractivity contribution is 0.297. The highest BCUT2D eigenvalue weighted by molar-refractivity contribution is 7.92. The van der Waals surface area contributed by atoms with Crippen LogP contribution in [-0.4, -0.2) is 22.1 Å². The van der Waals surface area contributed by atoms with E-state index in [9.17, 15) is 8.42 Å². The smallest absolute Gasteiger partial charge is 0.264 e. The van der Waals surface area contributed by atoms with Crippen LogP contribution in [0.1, 0.15) is 18.1 Å². The largest absolute Gasteiger partial charge is 0.496 e. The summed E-state index contributed by atoms with van der Waals surface area (Å²) in [6.07, 6.45) is 0. The van der Waals surface area contributed by atoms with Crippen LogP contribution < -0.4 is 13.8 Å². The van der Waals surface area contributed by atoms with E-state index in [1.165, 1.54) is 4.31 Å². The van der Waals surface area contributed by atoms with Crippen LogP contribution in [0.25, 0.3) is 0 Å². The predicted molar refractivity (Wildman–Crippen MR) is 120 cm³/mol. The SMILES string of the molecule is CCN(c1cccc(OCc2c(Cl)cccc2OC)c1)S(=O)(=O)c1cccc(C)c1. The minimum atomic E-state index is -3.69. The number of sulfonamides is 1. The van der Waals surface area contributed by atoms with E-state index in [2.05, 4.69) is 0 Å². The van der Waals surface area contributed by atoms with Crippen molar-refractivity contribution in [1.29, 1.82) is 0 Å². The van der Waals surface area contributed by atoms with Gasteiger partial charge in [0.2, 0.25) is 0 Å². The Morgan fingerprint density at radius 2 is 1.73 bits per heavy atom. The molecule has 0 aliphatic rings. The molecule has 0 saturated carbocycles. The Morgan fingerprint density at radius 1 is 1.00 bits per heavy atom. The molecule has 0 heterocycles. The highest BCUT2D eigenvalue weighted by Crippen LogP contribution is 2.30. The lowest BCUT2D eigenvalue weighted by Gasteiger charge is -2.23. The Labute approximate surface area is 182 Å². The highest BCUT2D eigenvalue weighted by atomic mass is 35.5. The van der Waals surface area contributed by atoms with Gasteiger partial charge in [-0.05, 0) is 55.8 Å². The van der Waals surface area contributed by atoms with Crippen molar-refractivity contribution in [2.24, 2.45) is 0 Å². The number of anilines is 1. The van der Waals surface area contributed by atoms with Gasteiger partial charge in [-0.15, -0.1) is 0 Å². The van der Waals surface area contributed by atoms with Crippen LogP contribution in [-0.2, 0) is 16.6 Å². The molecule has 0 N–H and O–H groups in total. The first-order chi connectivity index (χ1) is 14.4. The third kappa shape index (κ3) is 4.71. The molecule has 0 amide bonds. The second-order valence-electron chi connectivity index (χ2n) is 6.69. The third-order valence-electron chi connectivity index (χ3n) is 4.65. The molecule has 3 aromatic carbocycles. The van der Waals surface area contributed by atoms with E-state index in [1.54, 1.807) is 68.6 Å². The molecule has 0 aliphatic carbocycles. The Bertz CT molecular complexity index is 1130. The van der Waals surface area contributed by atoms with Gasteiger partial charge in [0, 0.05) is 18.2 Å². The molecule has 3 aromatic rings. The van der Waals surface area contributed by atoms with E-state index < -0.39 is 10.0 Å². The molecule has 0 aliphatic heterocycles. The van der Waals surface area contributed by atoms with Crippen LogP contribution in [0.15, 0.2) is 71.6 Å². The van der Waals surface area contributed by atoms with Crippen molar-refractivity contribution in [2.45, 2.75) is 25.3 Å². The third-order valence-corrected chi connectivity index (χ3v) is 6.90. The number of halogens is 1. The number of nitrogens with zero attached hydrogens (tertiary/aromatic N) is 1. The Morgan fingerprint density at radius 3 is 2.43 bits per heavy atom. The fourth-order valence-electron chi connectivity index (χ4n) is 3.15. The molecular weight excluding hydrogens is 422 g/mol. The van der Waals surface area contributed by atoms with Gasteiger partial charge in [-0.1, -0.05) is 35.9 Å². The lowest BCUT2D eigenvalue weighted by Crippen LogP contribution is -2.30. The van der Waals surface area contributed by atoms with Gasteiger partial charge in [0.15, 0.2) is 0 Å². The summed E-state index contributed by atoms with van der Waals surface area (Å²) in [5.41, 5.74) is 2.15. The lowest BCUT2D eigenvalue weighted by atomic mass is 10.2. The normalized spacial score (nSPS) is 11.2. The number of methoxy groups -OCH3 is 1. The summed E-state index contributed by atoms with van der Waals surface area (Å²) in [6.45, 7) is 4.16. The minimum Gasteiger partial charge on any atom is -0.496 e. The number of ether oxygens (including phenoxy) is 2. The zero-order chi connectivity index (χ0) is 21.7.